The van der Waals surface area contributed by atoms with Gasteiger partial charge in [0.1, 0.15) is 24.5 Å². The van der Waals surface area contributed by atoms with E-state index in [-0.39, 0.29) is 18.6 Å². The molecule has 2 aromatic carbocycles. The third-order valence-electron chi connectivity index (χ3n) is 5.88. The molecule has 0 aliphatic carbocycles. The zero-order valence-electron chi connectivity index (χ0n) is 17.6. The number of carbonyl (C=O) groups excluding carboxylic acids is 1. The van der Waals surface area contributed by atoms with E-state index in [4.69, 9.17) is 30.2 Å². The van der Waals surface area contributed by atoms with E-state index in [2.05, 4.69) is 0 Å². The number of ether oxygens (including phenoxy) is 3. The first-order valence-electron chi connectivity index (χ1n) is 10.6. The maximum absolute atomic E-state index is 13.0. The van der Waals surface area contributed by atoms with E-state index in [0.29, 0.717) is 41.9 Å². The molecule has 0 radical (unpaired) electrons. The van der Waals surface area contributed by atoms with Crippen LogP contribution >= 0.6 is 11.6 Å². The summed E-state index contributed by atoms with van der Waals surface area (Å²) in [6.07, 6.45) is 1.78. The highest BCUT2D eigenvalue weighted by molar-refractivity contribution is 6.32. The predicted octanol–water partition coefficient (Wildman–Crippen LogP) is 4.27. The van der Waals surface area contributed by atoms with Crippen molar-refractivity contribution < 1.29 is 23.4 Å². The Morgan fingerprint density at radius 1 is 1.16 bits per heavy atom. The largest absolute Gasteiger partial charge is 0.486 e. The molecule has 7 nitrogen and oxygen atoms in total. The van der Waals surface area contributed by atoms with Crippen molar-refractivity contribution in [3.05, 3.63) is 63.0 Å². The van der Waals surface area contributed by atoms with Crippen molar-refractivity contribution in [3.63, 3.8) is 0 Å². The number of rotatable bonds is 4. The maximum Gasteiger partial charge on any atom is 0.336 e. The van der Waals surface area contributed by atoms with Gasteiger partial charge in [-0.2, -0.15) is 0 Å². The van der Waals surface area contributed by atoms with Crippen LogP contribution in [0.4, 0.5) is 0 Å². The van der Waals surface area contributed by atoms with E-state index in [0.717, 1.165) is 35.1 Å². The fourth-order valence-corrected chi connectivity index (χ4v) is 4.55. The molecule has 1 saturated heterocycles. The second kappa shape index (κ2) is 8.39. The summed E-state index contributed by atoms with van der Waals surface area (Å²) in [6, 6.07) is 10.4. The lowest BCUT2D eigenvalue weighted by Crippen LogP contribution is -2.34. The summed E-state index contributed by atoms with van der Waals surface area (Å²) in [5, 5.41) is 1.08. The molecular weight excluding hydrogens is 434 g/mol. The Balaban J connectivity index is 1.32. The van der Waals surface area contributed by atoms with Crippen LogP contribution in [0.5, 0.6) is 17.2 Å². The highest BCUT2D eigenvalue weighted by Gasteiger charge is 2.31. The second-order valence-corrected chi connectivity index (χ2v) is 8.37. The van der Waals surface area contributed by atoms with E-state index in [1.54, 1.807) is 12.1 Å². The van der Waals surface area contributed by atoms with Gasteiger partial charge < -0.3 is 23.5 Å². The van der Waals surface area contributed by atoms with Gasteiger partial charge in [-0.15, -0.1) is 0 Å². The summed E-state index contributed by atoms with van der Waals surface area (Å²) in [6.45, 7) is 3.36. The van der Waals surface area contributed by atoms with Crippen LogP contribution in [-0.2, 0) is 4.79 Å². The molecule has 1 fully saturated rings. The molecule has 0 spiro atoms. The van der Waals surface area contributed by atoms with Crippen LogP contribution in [0.15, 0.2) is 45.6 Å². The van der Waals surface area contributed by atoms with Crippen LogP contribution in [0, 0.1) is 6.92 Å². The van der Waals surface area contributed by atoms with E-state index in [9.17, 15) is 9.59 Å². The minimum atomic E-state index is -0.446. The summed E-state index contributed by atoms with van der Waals surface area (Å²) < 4.78 is 22.3. The van der Waals surface area contributed by atoms with Gasteiger partial charge in [0.05, 0.1) is 11.1 Å². The molecule has 0 saturated carbocycles. The molecule has 0 unspecified atom stereocenters. The molecule has 32 heavy (non-hydrogen) atoms. The Morgan fingerprint density at radius 3 is 2.81 bits per heavy atom. The van der Waals surface area contributed by atoms with Crippen molar-refractivity contribution in [1.82, 2.24) is 4.90 Å². The quantitative estimate of drug-likeness (QED) is 0.547. The normalized spacial score (nSPS) is 17.6. The lowest BCUT2D eigenvalue weighted by Gasteiger charge is -2.27. The Bertz CT molecular complexity index is 1250. The first-order valence-corrected chi connectivity index (χ1v) is 10.9. The van der Waals surface area contributed by atoms with Crippen molar-refractivity contribution in [2.45, 2.75) is 25.8 Å². The number of hydrogen-bond donors (Lipinski definition) is 0. The molecule has 1 aromatic heterocycles. The van der Waals surface area contributed by atoms with Crippen LogP contribution in [0.2, 0.25) is 5.02 Å². The molecule has 0 bridgehead atoms. The molecule has 2 aliphatic heterocycles. The van der Waals surface area contributed by atoms with Gasteiger partial charge in [-0.3, -0.25) is 4.79 Å². The van der Waals surface area contributed by atoms with Crippen LogP contribution < -0.4 is 19.8 Å². The first-order chi connectivity index (χ1) is 15.5. The van der Waals surface area contributed by atoms with Crippen LogP contribution in [-0.4, -0.2) is 37.2 Å². The van der Waals surface area contributed by atoms with Gasteiger partial charge in [0.25, 0.3) is 5.91 Å². The highest BCUT2D eigenvalue weighted by Crippen LogP contribution is 2.38. The number of aryl methyl sites for hydroxylation is 1. The molecule has 3 aromatic rings. The Kier molecular flexibility index (Phi) is 5.43. The summed E-state index contributed by atoms with van der Waals surface area (Å²) in [4.78, 5) is 26.5. The van der Waals surface area contributed by atoms with Crippen LogP contribution in [0.3, 0.4) is 0 Å². The third kappa shape index (κ3) is 3.88. The van der Waals surface area contributed by atoms with Gasteiger partial charge in [0.2, 0.25) is 0 Å². The van der Waals surface area contributed by atoms with Crippen LogP contribution in [0.25, 0.3) is 11.0 Å². The minimum Gasteiger partial charge on any atom is -0.486 e. The Morgan fingerprint density at radius 2 is 1.97 bits per heavy atom. The van der Waals surface area contributed by atoms with Crippen molar-refractivity contribution in [3.8, 4) is 17.2 Å². The number of carbonyl (C=O) groups is 1. The van der Waals surface area contributed by atoms with Crippen molar-refractivity contribution >= 4 is 28.5 Å². The van der Waals surface area contributed by atoms with Crippen molar-refractivity contribution in [2.24, 2.45) is 0 Å². The van der Waals surface area contributed by atoms with Gasteiger partial charge >= 0.3 is 5.63 Å². The minimum absolute atomic E-state index is 0.0466. The van der Waals surface area contributed by atoms with Gasteiger partial charge in [0, 0.05) is 24.1 Å². The number of amides is 1. The molecule has 5 rings (SSSR count). The monoisotopic (exact) mass is 455 g/mol. The Hall–Kier alpha value is -3.19. The molecular formula is C24H22ClNO6. The molecule has 1 atom stereocenters. The topological polar surface area (TPSA) is 78.2 Å². The number of fused-ring (bicyclic) bond motifs is 2. The fourth-order valence-electron chi connectivity index (χ4n) is 4.33. The molecule has 0 N–H and O–H groups in total. The average molecular weight is 456 g/mol. The molecule has 8 heteroatoms. The fraction of sp³-hybridized carbons (Fsp3) is 0.333. The van der Waals surface area contributed by atoms with E-state index in [1.165, 1.54) is 6.07 Å². The van der Waals surface area contributed by atoms with E-state index >= 15 is 0 Å². The van der Waals surface area contributed by atoms with E-state index in [1.807, 2.05) is 30.0 Å². The molecule has 2 aliphatic rings. The van der Waals surface area contributed by atoms with Crippen LogP contribution in [0.1, 0.15) is 30.0 Å². The zero-order valence-corrected chi connectivity index (χ0v) is 18.3. The molecule has 1 amide bonds. The lowest BCUT2D eigenvalue weighted by molar-refractivity contribution is -0.134. The number of benzene rings is 2. The van der Waals surface area contributed by atoms with Crippen molar-refractivity contribution in [1.29, 1.82) is 0 Å². The van der Waals surface area contributed by atoms with Crippen molar-refractivity contribution in [2.75, 3.05) is 26.4 Å². The van der Waals surface area contributed by atoms with Gasteiger partial charge in [-0.25, -0.2) is 4.79 Å². The predicted molar refractivity (Wildman–Crippen MR) is 119 cm³/mol. The van der Waals surface area contributed by atoms with Gasteiger partial charge in [-0.05, 0) is 49.1 Å². The first kappa shape index (κ1) is 20.7. The summed E-state index contributed by atoms with van der Waals surface area (Å²) >= 11 is 6.35. The maximum atomic E-state index is 13.0. The molecule has 166 valence electrons. The highest BCUT2D eigenvalue weighted by atomic mass is 35.5. The van der Waals surface area contributed by atoms with E-state index < -0.39 is 5.63 Å². The third-order valence-corrected chi connectivity index (χ3v) is 6.17. The zero-order chi connectivity index (χ0) is 22.2. The summed E-state index contributed by atoms with van der Waals surface area (Å²) in [5.74, 6) is 1.61. The number of hydrogen-bond acceptors (Lipinski definition) is 6. The SMILES string of the molecule is Cc1cc(=O)oc2cc(OCC(=O)N3CCC[C@@H]3c3ccc4c(c3)OCCO4)c(Cl)cc12. The standard InChI is InChI=1S/C24H22ClNO6/c1-14-9-24(28)32-20-12-21(17(25)11-16(14)20)31-13-23(27)26-6-2-3-18(26)15-4-5-19-22(10-15)30-8-7-29-19/h4-5,9-12,18H,2-3,6-8,13H2,1H3/t18-/m1/s1. The Labute approximate surface area is 189 Å². The number of halogens is 1. The molecule has 3 heterocycles. The smallest absolute Gasteiger partial charge is 0.336 e. The summed E-state index contributed by atoms with van der Waals surface area (Å²) in [5.41, 5.74) is 1.71. The number of likely N-dealkylation sites (tertiary alicyclic amines) is 1. The van der Waals surface area contributed by atoms with Gasteiger partial charge in [0.15, 0.2) is 18.1 Å². The number of nitrogens with zero attached hydrogens (tertiary/aromatic N) is 1. The summed E-state index contributed by atoms with van der Waals surface area (Å²) in [7, 11) is 0. The average Bonchev–Trinajstić information content (AvgIpc) is 3.28. The second-order valence-electron chi connectivity index (χ2n) is 7.96. The lowest BCUT2D eigenvalue weighted by atomic mass is 10.0. The van der Waals surface area contributed by atoms with Gasteiger partial charge in [-0.1, -0.05) is 17.7 Å².